The molecule has 3 heterocycles. The highest BCUT2D eigenvalue weighted by atomic mass is 16.2. The van der Waals surface area contributed by atoms with E-state index in [0.717, 1.165) is 63.1 Å². The highest BCUT2D eigenvalue weighted by molar-refractivity contribution is 5.95. The second-order valence-electron chi connectivity index (χ2n) is 7.85. The van der Waals surface area contributed by atoms with Gasteiger partial charge in [0, 0.05) is 56.3 Å². The molecule has 6 heteroatoms. The Morgan fingerprint density at radius 3 is 2.19 bits per heavy atom. The molecule has 2 saturated heterocycles. The lowest BCUT2D eigenvalue weighted by atomic mass is 9.95. The van der Waals surface area contributed by atoms with Gasteiger partial charge in [0.1, 0.15) is 0 Å². The average Bonchev–Trinajstić information content (AvgIpc) is 3.39. The molecule has 0 N–H and O–H groups in total. The van der Waals surface area contributed by atoms with E-state index in [9.17, 15) is 9.59 Å². The van der Waals surface area contributed by atoms with E-state index >= 15 is 0 Å². The van der Waals surface area contributed by atoms with Crippen LogP contribution in [0.15, 0.2) is 29.4 Å². The summed E-state index contributed by atoms with van der Waals surface area (Å²) in [5.41, 5.74) is 2.88. The van der Waals surface area contributed by atoms with Crippen LogP contribution in [0.1, 0.15) is 49.4 Å². The molecule has 27 heavy (non-hydrogen) atoms. The molecule has 0 atom stereocenters. The molecule has 0 bridgehead atoms. The lowest BCUT2D eigenvalue weighted by molar-refractivity contribution is -0.135. The van der Waals surface area contributed by atoms with Crippen molar-refractivity contribution in [3.8, 4) is 0 Å². The number of hydrogen-bond acceptors (Lipinski definition) is 4. The smallest absolute Gasteiger partial charge is 0.253 e. The Balaban J connectivity index is 1.33. The summed E-state index contributed by atoms with van der Waals surface area (Å²) < 4.78 is 0. The number of piperidine rings is 1. The zero-order valence-electron chi connectivity index (χ0n) is 16.1. The standard InChI is InChI=1S/C21H28N4O2/c1-16-8-15-25(22-16)19-6-4-17(5-7-19)20(26)24-13-9-18(10-14-24)21(27)23-11-2-3-12-23/h4-7,18H,2-3,8-15H2,1H3. The number of amides is 2. The minimum Gasteiger partial charge on any atom is -0.342 e. The van der Waals surface area contributed by atoms with E-state index in [1.54, 1.807) is 0 Å². The van der Waals surface area contributed by atoms with Crippen molar-refractivity contribution in [1.29, 1.82) is 0 Å². The van der Waals surface area contributed by atoms with Gasteiger partial charge >= 0.3 is 0 Å². The molecular weight excluding hydrogens is 340 g/mol. The van der Waals surface area contributed by atoms with Crippen LogP contribution in [0, 0.1) is 5.92 Å². The van der Waals surface area contributed by atoms with Gasteiger partial charge in [-0.05, 0) is 56.9 Å². The Kier molecular flexibility index (Phi) is 5.14. The summed E-state index contributed by atoms with van der Waals surface area (Å²) >= 11 is 0. The number of hydrazone groups is 1. The van der Waals surface area contributed by atoms with E-state index in [0.29, 0.717) is 24.6 Å². The van der Waals surface area contributed by atoms with Crippen LogP contribution in [-0.4, -0.2) is 60.0 Å². The second kappa shape index (κ2) is 7.71. The van der Waals surface area contributed by atoms with Gasteiger partial charge in [0.05, 0.1) is 5.69 Å². The SMILES string of the molecule is CC1=NN(c2ccc(C(=O)N3CCC(C(=O)N4CCCC4)CC3)cc2)CC1. The van der Waals surface area contributed by atoms with Crippen LogP contribution in [0.5, 0.6) is 0 Å². The van der Waals surface area contributed by atoms with Crippen molar-refractivity contribution in [2.45, 2.75) is 39.0 Å². The monoisotopic (exact) mass is 368 g/mol. The zero-order chi connectivity index (χ0) is 18.8. The number of carbonyl (C=O) groups is 2. The molecule has 0 aromatic heterocycles. The van der Waals surface area contributed by atoms with Crippen molar-refractivity contribution in [3.05, 3.63) is 29.8 Å². The predicted molar refractivity (Wildman–Crippen MR) is 106 cm³/mol. The van der Waals surface area contributed by atoms with Gasteiger partial charge in [-0.2, -0.15) is 5.10 Å². The summed E-state index contributed by atoms with van der Waals surface area (Å²) in [5, 5.41) is 6.48. The van der Waals surface area contributed by atoms with Crippen molar-refractivity contribution in [2.75, 3.05) is 37.7 Å². The van der Waals surface area contributed by atoms with E-state index < -0.39 is 0 Å². The summed E-state index contributed by atoms with van der Waals surface area (Å²) in [6, 6.07) is 7.72. The van der Waals surface area contributed by atoms with Crippen LogP contribution in [0.25, 0.3) is 0 Å². The van der Waals surface area contributed by atoms with Gasteiger partial charge in [-0.3, -0.25) is 14.6 Å². The van der Waals surface area contributed by atoms with Crippen LogP contribution in [0.3, 0.4) is 0 Å². The number of nitrogens with zero attached hydrogens (tertiary/aromatic N) is 4. The van der Waals surface area contributed by atoms with Gasteiger partial charge in [0.2, 0.25) is 5.91 Å². The minimum absolute atomic E-state index is 0.0646. The lowest BCUT2D eigenvalue weighted by Gasteiger charge is -2.33. The van der Waals surface area contributed by atoms with Crippen molar-refractivity contribution >= 4 is 23.2 Å². The van der Waals surface area contributed by atoms with Gasteiger partial charge in [-0.1, -0.05) is 0 Å². The van der Waals surface area contributed by atoms with E-state index in [1.165, 1.54) is 0 Å². The molecule has 4 rings (SSSR count). The molecule has 3 aliphatic heterocycles. The Morgan fingerprint density at radius 2 is 1.59 bits per heavy atom. The third kappa shape index (κ3) is 3.84. The minimum atomic E-state index is 0.0646. The first-order valence-electron chi connectivity index (χ1n) is 10.1. The molecule has 0 saturated carbocycles. The maximum absolute atomic E-state index is 12.8. The van der Waals surface area contributed by atoms with Crippen LogP contribution in [0.2, 0.25) is 0 Å². The van der Waals surface area contributed by atoms with Crippen LogP contribution in [0.4, 0.5) is 5.69 Å². The maximum Gasteiger partial charge on any atom is 0.253 e. The molecule has 3 aliphatic rings. The summed E-state index contributed by atoms with van der Waals surface area (Å²) in [7, 11) is 0. The first-order chi connectivity index (χ1) is 13.1. The molecule has 6 nitrogen and oxygen atoms in total. The number of rotatable bonds is 3. The fourth-order valence-electron chi connectivity index (χ4n) is 4.24. The molecule has 1 aromatic carbocycles. The average molecular weight is 368 g/mol. The Morgan fingerprint density at radius 1 is 0.926 bits per heavy atom. The number of likely N-dealkylation sites (tertiary alicyclic amines) is 2. The van der Waals surface area contributed by atoms with Crippen molar-refractivity contribution in [1.82, 2.24) is 9.80 Å². The molecule has 1 aromatic rings. The van der Waals surface area contributed by atoms with Crippen LogP contribution in [-0.2, 0) is 4.79 Å². The quantitative estimate of drug-likeness (QED) is 0.824. The van der Waals surface area contributed by atoms with E-state index in [2.05, 4.69) is 5.10 Å². The van der Waals surface area contributed by atoms with E-state index in [4.69, 9.17) is 0 Å². The number of benzene rings is 1. The predicted octanol–water partition coefficient (Wildman–Crippen LogP) is 2.75. The summed E-state index contributed by atoms with van der Waals surface area (Å²) in [4.78, 5) is 29.2. The molecule has 0 spiro atoms. The van der Waals surface area contributed by atoms with Gasteiger partial charge in [-0.25, -0.2) is 0 Å². The fourth-order valence-corrected chi connectivity index (χ4v) is 4.24. The van der Waals surface area contributed by atoms with Gasteiger partial charge in [0.15, 0.2) is 0 Å². The third-order valence-corrected chi connectivity index (χ3v) is 5.94. The summed E-state index contributed by atoms with van der Waals surface area (Å²) in [6.07, 6.45) is 4.80. The Bertz CT molecular complexity index is 729. The van der Waals surface area contributed by atoms with Crippen molar-refractivity contribution < 1.29 is 9.59 Å². The number of anilines is 1. The van der Waals surface area contributed by atoms with Crippen LogP contribution >= 0.6 is 0 Å². The third-order valence-electron chi connectivity index (χ3n) is 5.94. The van der Waals surface area contributed by atoms with E-state index in [1.807, 2.05) is 46.0 Å². The lowest BCUT2D eigenvalue weighted by Crippen LogP contribution is -2.43. The normalized spacial score (nSPS) is 20.9. The number of carbonyl (C=O) groups excluding carboxylic acids is 2. The topological polar surface area (TPSA) is 56.2 Å². The van der Waals surface area contributed by atoms with Gasteiger partial charge < -0.3 is 9.80 Å². The Labute approximate surface area is 160 Å². The molecule has 144 valence electrons. The first kappa shape index (κ1) is 18.0. The molecule has 0 unspecified atom stereocenters. The maximum atomic E-state index is 12.8. The van der Waals surface area contributed by atoms with Gasteiger partial charge in [0.25, 0.3) is 5.91 Å². The van der Waals surface area contributed by atoms with Crippen LogP contribution < -0.4 is 5.01 Å². The fraction of sp³-hybridized carbons (Fsp3) is 0.571. The molecular formula is C21H28N4O2. The zero-order valence-corrected chi connectivity index (χ0v) is 16.1. The molecule has 2 amide bonds. The van der Waals surface area contributed by atoms with Crippen molar-refractivity contribution in [3.63, 3.8) is 0 Å². The largest absolute Gasteiger partial charge is 0.342 e. The molecule has 0 radical (unpaired) electrons. The highest BCUT2D eigenvalue weighted by Gasteiger charge is 2.31. The first-order valence-corrected chi connectivity index (χ1v) is 10.1. The second-order valence-corrected chi connectivity index (χ2v) is 7.85. The molecule has 0 aliphatic carbocycles. The van der Waals surface area contributed by atoms with E-state index in [-0.39, 0.29) is 11.8 Å². The Hall–Kier alpha value is -2.37. The van der Waals surface area contributed by atoms with Gasteiger partial charge in [-0.15, -0.1) is 0 Å². The summed E-state index contributed by atoms with van der Waals surface area (Å²) in [5.74, 6) is 0.450. The number of hydrogen-bond donors (Lipinski definition) is 0. The van der Waals surface area contributed by atoms with Crippen molar-refractivity contribution in [2.24, 2.45) is 11.0 Å². The summed E-state index contributed by atoms with van der Waals surface area (Å²) in [6.45, 7) is 6.09. The highest BCUT2D eigenvalue weighted by Crippen LogP contribution is 2.24. The molecule has 2 fully saturated rings.